The van der Waals surface area contributed by atoms with E-state index in [1.165, 1.54) is 11.3 Å². The highest BCUT2D eigenvalue weighted by atomic mass is 32.1. The topological polar surface area (TPSA) is 60.5 Å². The van der Waals surface area contributed by atoms with Crippen molar-refractivity contribution in [3.63, 3.8) is 0 Å². The minimum absolute atomic E-state index is 0.100. The van der Waals surface area contributed by atoms with Crippen molar-refractivity contribution >= 4 is 22.4 Å². The maximum absolute atomic E-state index is 11.4. The van der Waals surface area contributed by atoms with E-state index in [0.29, 0.717) is 18.8 Å². The van der Waals surface area contributed by atoms with Gasteiger partial charge >= 0.3 is 5.97 Å². The third-order valence-corrected chi connectivity index (χ3v) is 4.85. The summed E-state index contributed by atoms with van der Waals surface area (Å²) in [6.07, 6.45) is 1.54. The molecule has 1 heterocycles. The quantitative estimate of drug-likeness (QED) is 0.785. The summed E-state index contributed by atoms with van der Waals surface area (Å²) in [4.78, 5) is 15.9. The summed E-state index contributed by atoms with van der Waals surface area (Å²) in [7, 11) is 0. The third-order valence-electron chi connectivity index (χ3n) is 4.03. The fourth-order valence-electron chi connectivity index (χ4n) is 2.58. The van der Waals surface area contributed by atoms with Gasteiger partial charge in [-0.05, 0) is 20.3 Å². The van der Waals surface area contributed by atoms with Crippen molar-refractivity contribution in [2.45, 2.75) is 52.7 Å². The van der Waals surface area contributed by atoms with Crippen LogP contribution in [0.2, 0.25) is 0 Å². The summed E-state index contributed by atoms with van der Waals surface area (Å²) in [5.74, 6) is -0.227. The zero-order valence-corrected chi connectivity index (χ0v) is 14.0. The number of anilines is 1. The molecule has 6 heteroatoms. The van der Waals surface area contributed by atoms with Gasteiger partial charge in [-0.25, -0.2) is 4.98 Å². The second-order valence-electron chi connectivity index (χ2n) is 5.82. The number of hydrogen-bond acceptors (Lipinski definition) is 6. The second-order valence-corrected chi connectivity index (χ2v) is 6.68. The van der Waals surface area contributed by atoms with Crippen LogP contribution in [0.4, 0.5) is 5.13 Å². The van der Waals surface area contributed by atoms with Crippen molar-refractivity contribution in [1.29, 1.82) is 0 Å². The summed E-state index contributed by atoms with van der Waals surface area (Å²) in [6.45, 7) is 9.41. The number of rotatable bonds is 7. The molecule has 5 nitrogen and oxygen atoms in total. The van der Waals surface area contributed by atoms with Gasteiger partial charge in [0.1, 0.15) is 0 Å². The average molecular weight is 312 g/mol. The minimum atomic E-state index is -0.227. The number of hydrogen-bond donors (Lipinski definition) is 1. The van der Waals surface area contributed by atoms with Gasteiger partial charge in [0.25, 0.3) is 0 Å². The number of carbonyl (C=O) groups is 1. The van der Waals surface area contributed by atoms with Crippen LogP contribution < -0.4 is 5.32 Å². The summed E-state index contributed by atoms with van der Waals surface area (Å²) >= 11 is 1.53. The maximum atomic E-state index is 11.4. The van der Waals surface area contributed by atoms with E-state index in [0.717, 1.165) is 23.9 Å². The number of nitrogens with zero attached hydrogens (tertiary/aromatic N) is 1. The Balaban J connectivity index is 1.87. The highest BCUT2D eigenvalue weighted by Gasteiger charge is 2.49. The van der Waals surface area contributed by atoms with E-state index in [1.54, 1.807) is 6.92 Å². The van der Waals surface area contributed by atoms with E-state index < -0.39 is 0 Å². The minimum Gasteiger partial charge on any atom is -0.466 e. The first-order valence-electron chi connectivity index (χ1n) is 7.45. The molecule has 2 atom stereocenters. The molecule has 1 aromatic rings. The Morgan fingerprint density at radius 3 is 2.86 bits per heavy atom. The van der Waals surface area contributed by atoms with E-state index in [4.69, 9.17) is 9.47 Å². The van der Waals surface area contributed by atoms with E-state index in [9.17, 15) is 4.79 Å². The number of aromatic nitrogens is 1. The Morgan fingerprint density at radius 2 is 2.24 bits per heavy atom. The van der Waals surface area contributed by atoms with Crippen molar-refractivity contribution in [2.24, 2.45) is 5.41 Å². The Morgan fingerprint density at radius 1 is 1.48 bits per heavy atom. The van der Waals surface area contributed by atoms with Crippen molar-refractivity contribution < 1.29 is 14.3 Å². The van der Waals surface area contributed by atoms with Gasteiger partial charge in [-0.1, -0.05) is 13.8 Å². The smallest absolute Gasteiger partial charge is 0.311 e. The molecule has 118 valence electrons. The summed E-state index contributed by atoms with van der Waals surface area (Å²) in [5, 5.41) is 6.23. The first-order chi connectivity index (χ1) is 9.97. The van der Waals surface area contributed by atoms with Crippen LogP contribution in [0.25, 0.3) is 0 Å². The van der Waals surface area contributed by atoms with Crippen LogP contribution in [-0.2, 0) is 20.7 Å². The van der Waals surface area contributed by atoms with Crippen LogP contribution in [0, 0.1) is 5.41 Å². The van der Waals surface area contributed by atoms with Crippen LogP contribution >= 0.6 is 11.3 Å². The van der Waals surface area contributed by atoms with Crippen molar-refractivity contribution in [3.05, 3.63) is 11.1 Å². The number of ether oxygens (including phenoxy) is 2. The Hall–Kier alpha value is -1.14. The van der Waals surface area contributed by atoms with Crippen LogP contribution in [0.3, 0.4) is 0 Å². The molecular formula is C15H24N2O3S. The van der Waals surface area contributed by atoms with Gasteiger partial charge in [0, 0.05) is 23.4 Å². The second kappa shape index (κ2) is 6.75. The van der Waals surface area contributed by atoms with E-state index in [2.05, 4.69) is 24.1 Å². The van der Waals surface area contributed by atoms with Gasteiger partial charge in [-0.15, -0.1) is 11.3 Å². The monoisotopic (exact) mass is 312 g/mol. The predicted molar refractivity (Wildman–Crippen MR) is 83.7 cm³/mol. The normalized spacial score (nSPS) is 23.4. The Labute approximate surface area is 130 Å². The molecule has 0 amide bonds. The van der Waals surface area contributed by atoms with Crippen molar-refractivity contribution in [3.8, 4) is 0 Å². The van der Waals surface area contributed by atoms with Crippen LogP contribution in [0.1, 0.15) is 39.8 Å². The van der Waals surface area contributed by atoms with Crippen LogP contribution in [0.5, 0.6) is 0 Å². The molecule has 1 N–H and O–H groups in total. The molecule has 0 aliphatic heterocycles. The zero-order chi connectivity index (χ0) is 15.5. The molecular weight excluding hydrogens is 288 g/mol. The number of esters is 1. The molecule has 0 aromatic carbocycles. The van der Waals surface area contributed by atoms with Gasteiger partial charge in [-0.3, -0.25) is 4.79 Å². The zero-order valence-electron chi connectivity index (χ0n) is 13.1. The molecule has 0 radical (unpaired) electrons. The molecule has 21 heavy (non-hydrogen) atoms. The lowest BCUT2D eigenvalue weighted by Gasteiger charge is -2.51. The van der Waals surface area contributed by atoms with Crippen molar-refractivity contribution in [2.75, 3.05) is 18.5 Å². The third kappa shape index (κ3) is 3.74. The summed E-state index contributed by atoms with van der Waals surface area (Å²) < 4.78 is 10.7. The Kier molecular flexibility index (Phi) is 5.22. The molecule has 0 saturated heterocycles. The average Bonchev–Trinajstić information content (AvgIpc) is 2.85. The van der Waals surface area contributed by atoms with Gasteiger partial charge < -0.3 is 14.8 Å². The summed E-state index contributed by atoms with van der Waals surface area (Å²) in [5.41, 5.74) is 0.864. The first-order valence-corrected chi connectivity index (χ1v) is 8.33. The number of nitrogens with one attached hydrogen (secondary N) is 1. The largest absolute Gasteiger partial charge is 0.466 e. The molecule has 1 aromatic heterocycles. The van der Waals surface area contributed by atoms with Crippen molar-refractivity contribution in [1.82, 2.24) is 4.98 Å². The fourth-order valence-corrected chi connectivity index (χ4v) is 3.34. The van der Waals surface area contributed by atoms with E-state index in [1.807, 2.05) is 12.3 Å². The number of thiazole rings is 1. The fraction of sp³-hybridized carbons (Fsp3) is 0.733. The molecule has 1 saturated carbocycles. The number of carbonyl (C=O) groups excluding carboxylic acids is 1. The summed E-state index contributed by atoms with van der Waals surface area (Å²) in [6, 6.07) is 0.357. The SMILES string of the molecule is CCOC(=O)Cc1csc(NC2CC(OCC)C2(C)C)n1. The highest BCUT2D eigenvalue weighted by Crippen LogP contribution is 2.44. The van der Waals surface area contributed by atoms with E-state index >= 15 is 0 Å². The molecule has 1 fully saturated rings. The predicted octanol–water partition coefficient (Wildman–Crippen LogP) is 2.86. The molecule has 0 spiro atoms. The molecule has 1 aliphatic rings. The Bertz CT molecular complexity index is 487. The van der Waals surface area contributed by atoms with Crippen LogP contribution in [-0.4, -0.2) is 36.3 Å². The molecule has 2 rings (SSSR count). The molecule has 1 aliphatic carbocycles. The van der Waals surface area contributed by atoms with E-state index in [-0.39, 0.29) is 17.8 Å². The van der Waals surface area contributed by atoms with Gasteiger partial charge in [-0.2, -0.15) is 0 Å². The maximum Gasteiger partial charge on any atom is 0.311 e. The lowest BCUT2D eigenvalue weighted by Crippen LogP contribution is -2.58. The van der Waals surface area contributed by atoms with Gasteiger partial charge in [0.05, 0.1) is 24.8 Å². The standard InChI is InChI=1S/C15H24N2O3S/c1-5-19-12-8-11(15(12,3)4)17-14-16-10(9-21-14)7-13(18)20-6-2/h9,11-12H,5-8H2,1-4H3,(H,16,17). The first kappa shape index (κ1) is 16.2. The highest BCUT2D eigenvalue weighted by molar-refractivity contribution is 7.13. The molecule has 2 unspecified atom stereocenters. The van der Waals surface area contributed by atoms with Gasteiger partial charge in [0.2, 0.25) is 0 Å². The lowest BCUT2D eigenvalue weighted by molar-refractivity contribution is -0.142. The van der Waals surface area contributed by atoms with Crippen LogP contribution in [0.15, 0.2) is 5.38 Å². The van der Waals surface area contributed by atoms with Gasteiger partial charge in [0.15, 0.2) is 5.13 Å². The molecule has 0 bridgehead atoms. The lowest BCUT2D eigenvalue weighted by atomic mass is 9.64.